The van der Waals surface area contributed by atoms with E-state index in [1.165, 1.54) is 16.7 Å². The quantitative estimate of drug-likeness (QED) is 0.644. The number of rotatable bonds is 5. The summed E-state index contributed by atoms with van der Waals surface area (Å²) in [4.78, 5) is 3.98. The smallest absolute Gasteiger partial charge is 0.125 e. The standard InChI is InChI=1S/C17H21N3/c1-20-17(19)16-9-7-13(8-10-16)5-6-14-3-2-4-15(11-14)12-18/h2-4,7-11H,5-6,12,18H2,1H3,(H2,19,20). The number of hydrogen-bond donors (Lipinski definition) is 2. The molecule has 4 N–H and O–H groups in total. The minimum Gasteiger partial charge on any atom is -0.384 e. The summed E-state index contributed by atoms with van der Waals surface area (Å²) in [6.45, 7) is 0.595. The van der Waals surface area contributed by atoms with E-state index in [1.54, 1.807) is 7.05 Å². The van der Waals surface area contributed by atoms with Crippen LogP contribution in [0.2, 0.25) is 0 Å². The Hall–Kier alpha value is -2.13. The van der Waals surface area contributed by atoms with Crippen LogP contribution in [0.1, 0.15) is 22.3 Å². The van der Waals surface area contributed by atoms with Crippen molar-refractivity contribution in [1.29, 1.82) is 0 Å². The number of benzene rings is 2. The Kier molecular flexibility index (Phi) is 4.91. The first-order chi connectivity index (χ1) is 9.72. The van der Waals surface area contributed by atoms with Crippen molar-refractivity contribution in [2.75, 3.05) is 7.05 Å². The third kappa shape index (κ3) is 3.68. The van der Waals surface area contributed by atoms with Gasteiger partial charge in [0.2, 0.25) is 0 Å². The molecule has 0 amide bonds. The highest BCUT2D eigenvalue weighted by Crippen LogP contribution is 2.11. The van der Waals surface area contributed by atoms with Crippen LogP contribution in [-0.4, -0.2) is 12.9 Å². The molecule has 0 aliphatic rings. The van der Waals surface area contributed by atoms with Crippen molar-refractivity contribution in [1.82, 2.24) is 0 Å². The fourth-order valence-electron chi connectivity index (χ4n) is 2.17. The van der Waals surface area contributed by atoms with Crippen LogP contribution >= 0.6 is 0 Å². The highest BCUT2D eigenvalue weighted by Gasteiger charge is 2.00. The van der Waals surface area contributed by atoms with Crippen molar-refractivity contribution in [3.63, 3.8) is 0 Å². The Morgan fingerprint density at radius 2 is 1.60 bits per heavy atom. The number of nitrogens with two attached hydrogens (primary N) is 2. The van der Waals surface area contributed by atoms with Crippen molar-refractivity contribution in [2.24, 2.45) is 16.5 Å². The van der Waals surface area contributed by atoms with Crippen LogP contribution in [0.15, 0.2) is 53.5 Å². The summed E-state index contributed by atoms with van der Waals surface area (Å²) in [6.07, 6.45) is 2.03. The molecule has 0 bridgehead atoms. The maximum Gasteiger partial charge on any atom is 0.125 e. The largest absolute Gasteiger partial charge is 0.384 e. The summed E-state index contributed by atoms with van der Waals surface area (Å²) in [5, 5.41) is 0. The molecular formula is C17H21N3. The maximum atomic E-state index is 5.78. The van der Waals surface area contributed by atoms with Gasteiger partial charge in [-0.2, -0.15) is 0 Å². The molecule has 3 heteroatoms. The second kappa shape index (κ2) is 6.87. The highest BCUT2D eigenvalue weighted by molar-refractivity contribution is 5.97. The van der Waals surface area contributed by atoms with Crippen LogP contribution in [-0.2, 0) is 19.4 Å². The number of aryl methyl sites for hydroxylation is 2. The lowest BCUT2D eigenvalue weighted by molar-refractivity contribution is 0.950. The Morgan fingerprint density at radius 3 is 2.25 bits per heavy atom. The molecule has 20 heavy (non-hydrogen) atoms. The third-order valence-electron chi connectivity index (χ3n) is 3.42. The summed E-state index contributed by atoms with van der Waals surface area (Å²) < 4.78 is 0. The van der Waals surface area contributed by atoms with Gasteiger partial charge in [0, 0.05) is 19.2 Å². The lowest BCUT2D eigenvalue weighted by Gasteiger charge is -2.05. The van der Waals surface area contributed by atoms with E-state index < -0.39 is 0 Å². The molecule has 3 nitrogen and oxygen atoms in total. The normalized spacial score (nSPS) is 11.6. The summed E-state index contributed by atoms with van der Waals surface area (Å²) in [5.41, 5.74) is 16.2. The zero-order valence-corrected chi connectivity index (χ0v) is 11.8. The molecular weight excluding hydrogens is 246 g/mol. The van der Waals surface area contributed by atoms with Gasteiger partial charge in [0.05, 0.1) is 0 Å². The average molecular weight is 267 g/mol. The van der Waals surface area contributed by atoms with Gasteiger partial charge in [-0.3, -0.25) is 4.99 Å². The second-order valence-electron chi connectivity index (χ2n) is 4.83. The van der Waals surface area contributed by atoms with Crippen molar-refractivity contribution in [3.05, 3.63) is 70.8 Å². The molecule has 0 aliphatic carbocycles. The molecule has 0 aromatic heterocycles. The second-order valence-corrected chi connectivity index (χ2v) is 4.83. The predicted octanol–water partition coefficient (Wildman–Crippen LogP) is 2.27. The van der Waals surface area contributed by atoms with E-state index in [9.17, 15) is 0 Å². The molecule has 0 spiro atoms. The molecule has 0 heterocycles. The summed E-state index contributed by atoms with van der Waals surface area (Å²) in [6, 6.07) is 16.7. The molecule has 104 valence electrons. The van der Waals surface area contributed by atoms with Gasteiger partial charge in [0.25, 0.3) is 0 Å². The van der Waals surface area contributed by atoms with E-state index in [0.717, 1.165) is 18.4 Å². The Balaban J connectivity index is 2.00. The van der Waals surface area contributed by atoms with Gasteiger partial charge in [0.1, 0.15) is 5.84 Å². The molecule has 0 aliphatic heterocycles. The number of hydrogen-bond acceptors (Lipinski definition) is 2. The molecule has 2 aromatic carbocycles. The van der Waals surface area contributed by atoms with Gasteiger partial charge in [-0.05, 0) is 29.5 Å². The van der Waals surface area contributed by atoms with Crippen LogP contribution < -0.4 is 11.5 Å². The summed E-state index contributed by atoms with van der Waals surface area (Å²) in [5.74, 6) is 0.576. The minimum absolute atomic E-state index is 0.576. The topological polar surface area (TPSA) is 64.4 Å². The first-order valence-corrected chi connectivity index (χ1v) is 6.82. The lowest BCUT2D eigenvalue weighted by Crippen LogP contribution is -2.12. The highest BCUT2D eigenvalue weighted by atomic mass is 14.8. The molecule has 0 radical (unpaired) electrons. The van der Waals surface area contributed by atoms with Crippen LogP contribution in [0, 0.1) is 0 Å². The van der Waals surface area contributed by atoms with Gasteiger partial charge in [-0.25, -0.2) is 0 Å². The monoisotopic (exact) mass is 267 g/mol. The number of aliphatic imine (C=N–C) groups is 1. The molecule has 0 saturated carbocycles. The van der Waals surface area contributed by atoms with E-state index in [1.807, 2.05) is 12.1 Å². The van der Waals surface area contributed by atoms with Gasteiger partial charge >= 0.3 is 0 Å². The maximum absolute atomic E-state index is 5.78. The number of nitrogens with zero attached hydrogens (tertiary/aromatic N) is 1. The zero-order chi connectivity index (χ0) is 14.4. The van der Waals surface area contributed by atoms with Crippen molar-refractivity contribution in [2.45, 2.75) is 19.4 Å². The first-order valence-electron chi connectivity index (χ1n) is 6.82. The molecule has 0 fully saturated rings. The molecule has 0 atom stereocenters. The fraction of sp³-hybridized carbons (Fsp3) is 0.235. The first kappa shape index (κ1) is 14.3. The Morgan fingerprint density at radius 1 is 0.950 bits per heavy atom. The minimum atomic E-state index is 0.576. The van der Waals surface area contributed by atoms with Crippen molar-refractivity contribution < 1.29 is 0 Å². The average Bonchev–Trinajstić information content (AvgIpc) is 2.53. The van der Waals surface area contributed by atoms with E-state index >= 15 is 0 Å². The van der Waals surface area contributed by atoms with E-state index in [-0.39, 0.29) is 0 Å². The molecule has 2 aromatic rings. The summed E-state index contributed by atoms with van der Waals surface area (Å²) >= 11 is 0. The summed E-state index contributed by atoms with van der Waals surface area (Å²) in [7, 11) is 1.70. The predicted molar refractivity (Wildman–Crippen MR) is 84.8 cm³/mol. The molecule has 0 saturated heterocycles. The molecule has 0 unspecified atom stereocenters. The fourth-order valence-corrected chi connectivity index (χ4v) is 2.17. The van der Waals surface area contributed by atoms with E-state index in [2.05, 4.69) is 41.4 Å². The van der Waals surface area contributed by atoms with Crippen molar-refractivity contribution in [3.8, 4) is 0 Å². The van der Waals surface area contributed by atoms with Crippen LogP contribution in [0.25, 0.3) is 0 Å². The van der Waals surface area contributed by atoms with Crippen LogP contribution in [0.5, 0.6) is 0 Å². The van der Waals surface area contributed by atoms with Crippen LogP contribution in [0.3, 0.4) is 0 Å². The Labute approximate surface area is 120 Å². The van der Waals surface area contributed by atoms with E-state index in [0.29, 0.717) is 12.4 Å². The van der Waals surface area contributed by atoms with Gasteiger partial charge in [-0.15, -0.1) is 0 Å². The van der Waals surface area contributed by atoms with E-state index in [4.69, 9.17) is 11.5 Å². The van der Waals surface area contributed by atoms with Gasteiger partial charge in [-0.1, -0.05) is 48.5 Å². The number of amidine groups is 1. The van der Waals surface area contributed by atoms with Crippen LogP contribution in [0.4, 0.5) is 0 Å². The lowest BCUT2D eigenvalue weighted by atomic mass is 10.0. The van der Waals surface area contributed by atoms with Gasteiger partial charge in [0.15, 0.2) is 0 Å². The molecule has 2 rings (SSSR count). The SMILES string of the molecule is CN=C(N)c1ccc(CCc2cccc(CN)c2)cc1. The van der Waals surface area contributed by atoms with Crippen molar-refractivity contribution >= 4 is 5.84 Å². The zero-order valence-electron chi connectivity index (χ0n) is 11.8. The third-order valence-corrected chi connectivity index (χ3v) is 3.42. The van der Waals surface area contributed by atoms with Gasteiger partial charge < -0.3 is 11.5 Å². The Bertz CT molecular complexity index is 585.